The fourth-order valence-electron chi connectivity index (χ4n) is 5.00. The number of fused-ring (bicyclic) bond motifs is 2. The predicted octanol–water partition coefficient (Wildman–Crippen LogP) is 7.18. The van der Waals surface area contributed by atoms with Crippen molar-refractivity contribution in [3.05, 3.63) is 142 Å². The van der Waals surface area contributed by atoms with Gasteiger partial charge in [0.2, 0.25) is 0 Å². The molecule has 0 bridgehead atoms. The van der Waals surface area contributed by atoms with E-state index in [0.29, 0.717) is 16.7 Å². The van der Waals surface area contributed by atoms with E-state index in [9.17, 15) is 4.79 Å². The lowest BCUT2D eigenvalue weighted by Crippen LogP contribution is -2.22. The molecule has 0 unspecified atom stereocenters. The van der Waals surface area contributed by atoms with Crippen LogP contribution in [0.2, 0.25) is 0 Å². The first-order chi connectivity index (χ1) is 18.1. The van der Waals surface area contributed by atoms with Crippen molar-refractivity contribution in [2.45, 2.75) is 20.4 Å². The molecule has 0 saturated carbocycles. The van der Waals surface area contributed by atoms with E-state index in [4.69, 9.17) is 4.98 Å². The zero-order chi connectivity index (χ0) is 25.4. The Balaban J connectivity index is 1.52. The minimum atomic E-state index is -0.0719. The number of benzene rings is 4. The fourth-order valence-corrected chi connectivity index (χ4v) is 5.00. The number of para-hydroxylation sites is 2. The smallest absolute Gasteiger partial charge is 0.266 e. The van der Waals surface area contributed by atoms with Crippen LogP contribution in [0, 0.1) is 13.8 Å². The van der Waals surface area contributed by atoms with Gasteiger partial charge >= 0.3 is 0 Å². The Labute approximate surface area is 215 Å². The average Bonchev–Trinajstić information content (AvgIpc) is 3.19. The van der Waals surface area contributed by atoms with Crippen LogP contribution in [-0.4, -0.2) is 14.1 Å². The molecule has 180 valence electrons. The summed E-state index contributed by atoms with van der Waals surface area (Å²) in [5.41, 5.74) is 7.31. The van der Waals surface area contributed by atoms with Gasteiger partial charge in [0.05, 0.1) is 16.6 Å². The van der Waals surface area contributed by atoms with Crippen molar-refractivity contribution in [2.24, 2.45) is 0 Å². The molecule has 0 amide bonds. The minimum absolute atomic E-state index is 0.0719. The number of hydrogen-bond acceptors (Lipinski definition) is 2. The maximum Gasteiger partial charge on any atom is 0.266 e. The summed E-state index contributed by atoms with van der Waals surface area (Å²) < 4.78 is 4.06. The fraction of sp³-hybridized carbons (Fsp3) is 0.0909. The van der Waals surface area contributed by atoms with Crippen molar-refractivity contribution in [3.8, 4) is 5.69 Å². The normalized spacial score (nSPS) is 11.6. The highest BCUT2D eigenvalue weighted by atomic mass is 16.1. The van der Waals surface area contributed by atoms with Gasteiger partial charge in [0.15, 0.2) is 0 Å². The molecule has 37 heavy (non-hydrogen) atoms. The van der Waals surface area contributed by atoms with Gasteiger partial charge in [0.1, 0.15) is 5.82 Å². The second-order valence-corrected chi connectivity index (χ2v) is 9.38. The van der Waals surface area contributed by atoms with E-state index in [-0.39, 0.29) is 5.56 Å². The molecule has 6 rings (SSSR count). The first-order valence-corrected chi connectivity index (χ1v) is 12.5. The highest BCUT2D eigenvalue weighted by Gasteiger charge is 2.14. The molecule has 0 fully saturated rings. The van der Waals surface area contributed by atoms with E-state index < -0.39 is 0 Å². The van der Waals surface area contributed by atoms with Crippen LogP contribution in [0.25, 0.3) is 39.6 Å². The number of rotatable bonds is 5. The SMILES string of the molecule is Cc1ccc(-n2c(/C=C/c3c(C)n(Cc4ccccc4)c4ccccc34)nc3ccccc3c2=O)cc1. The van der Waals surface area contributed by atoms with E-state index in [1.807, 2.05) is 67.6 Å². The molecule has 0 aliphatic heterocycles. The van der Waals surface area contributed by atoms with E-state index in [1.54, 1.807) is 4.57 Å². The Morgan fingerprint density at radius 2 is 1.41 bits per heavy atom. The zero-order valence-electron chi connectivity index (χ0n) is 20.9. The molecule has 2 heterocycles. The van der Waals surface area contributed by atoms with E-state index in [1.165, 1.54) is 22.2 Å². The molecule has 6 aromatic rings. The van der Waals surface area contributed by atoms with E-state index >= 15 is 0 Å². The summed E-state index contributed by atoms with van der Waals surface area (Å²) in [4.78, 5) is 18.5. The first-order valence-electron chi connectivity index (χ1n) is 12.5. The van der Waals surface area contributed by atoms with Crippen LogP contribution in [0.1, 0.15) is 28.2 Å². The van der Waals surface area contributed by atoms with E-state index in [2.05, 4.69) is 66.1 Å². The van der Waals surface area contributed by atoms with Crippen molar-refractivity contribution in [2.75, 3.05) is 0 Å². The summed E-state index contributed by atoms with van der Waals surface area (Å²) in [5.74, 6) is 0.604. The lowest BCUT2D eigenvalue weighted by atomic mass is 10.1. The molecular formula is C33H27N3O. The molecule has 0 radical (unpaired) electrons. The van der Waals surface area contributed by atoms with Crippen LogP contribution in [0.5, 0.6) is 0 Å². The van der Waals surface area contributed by atoms with Crippen molar-refractivity contribution >= 4 is 34.0 Å². The molecule has 2 aromatic heterocycles. The lowest BCUT2D eigenvalue weighted by molar-refractivity contribution is 0.804. The van der Waals surface area contributed by atoms with Gasteiger partial charge in [0, 0.05) is 28.7 Å². The number of aromatic nitrogens is 3. The van der Waals surface area contributed by atoms with Gasteiger partial charge in [-0.3, -0.25) is 9.36 Å². The third kappa shape index (κ3) is 4.17. The second-order valence-electron chi connectivity index (χ2n) is 9.38. The third-order valence-corrected chi connectivity index (χ3v) is 6.96. The maximum absolute atomic E-state index is 13.6. The summed E-state index contributed by atoms with van der Waals surface area (Å²) >= 11 is 0. The Morgan fingerprint density at radius 1 is 0.730 bits per heavy atom. The van der Waals surface area contributed by atoms with Crippen LogP contribution < -0.4 is 5.56 Å². The van der Waals surface area contributed by atoms with Crippen molar-refractivity contribution < 1.29 is 0 Å². The Kier molecular flexibility index (Phi) is 5.78. The Morgan fingerprint density at radius 3 is 2.19 bits per heavy atom. The summed E-state index contributed by atoms with van der Waals surface area (Å²) in [7, 11) is 0. The van der Waals surface area contributed by atoms with Crippen molar-refractivity contribution in [3.63, 3.8) is 0 Å². The molecular weight excluding hydrogens is 454 g/mol. The molecule has 0 aliphatic carbocycles. The summed E-state index contributed by atoms with van der Waals surface area (Å²) in [6.07, 6.45) is 4.07. The van der Waals surface area contributed by atoms with Gasteiger partial charge in [0.25, 0.3) is 5.56 Å². The van der Waals surface area contributed by atoms with Gasteiger partial charge in [-0.25, -0.2) is 4.98 Å². The zero-order valence-corrected chi connectivity index (χ0v) is 20.9. The Bertz CT molecular complexity index is 1820. The van der Waals surface area contributed by atoms with Crippen LogP contribution in [-0.2, 0) is 6.54 Å². The summed E-state index contributed by atoms with van der Waals surface area (Å²) in [6, 6.07) is 34.5. The number of aryl methyl sites for hydroxylation is 1. The topological polar surface area (TPSA) is 39.8 Å². The molecule has 4 heteroatoms. The standard InChI is InChI=1S/C33H27N3O/c1-23-16-18-26(19-17-23)36-32(34-30-14-8-6-13-29(30)33(36)37)21-20-27-24(2)35(22-25-10-4-3-5-11-25)31-15-9-7-12-28(27)31/h3-21H,22H2,1-2H3/b21-20+. The summed E-state index contributed by atoms with van der Waals surface area (Å²) in [5, 5.41) is 1.79. The van der Waals surface area contributed by atoms with Crippen LogP contribution in [0.4, 0.5) is 0 Å². The summed E-state index contributed by atoms with van der Waals surface area (Å²) in [6.45, 7) is 4.99. The van der Waals surface area contributed by atoms with Crippen LogP contribution >= 0.6 is 0 Å². The predicted molar refractivity (Wildman–Crippen MR) is 153 cm³/mol. The highest BCUT2D eigenvalue weighted by molar-refractivity contribution is 5.94. The molecule has 0 N–H and O–H groups in total. The monoisotopic (exact) mass is 481 g/mol. The maximum atomic E-state index is 13.6. The average molecular weight is 482 g/mol. The largest absolute Gasteiger partial charge is 0.340 e. The molecule has 4 aromatic carbocycles. The third-order valence-electron chi connectivity index (χ3n) is 6.96. The van der Waals surface area contributed by atoms with Crippen LogP contribution in [0.3, 0.4) is 0 Å². The van der Waals surface area contributed by atoms with Crippen molar-refractivity contribution in [1.29, 1.82) is 0 Å². The number of nitrogens with zero attached hydrogens (tertiary/aromatic N) is 3. The lowest BCUT2D eigenvalue weighted by Gasteiger charge is -2.12. The molecule has 4 nitrogen and oxygen atoms in total. The van der Waals surface area contributed by atoms with Gasteiger partial charge in [-0.15, -0.1) is 0 Å². The first kappa shape index (κ1) is 22.7. The molecule has 0 aliphatic rings. The van der Waals surface area contributed by atoms with Crippen LogP contribution in [0.15, 0.2) is 108 Å². The van der Waals surface area contributed by atoms with Crippen molar-refractivity contribution in [1.82, 2.24) is 14.1 Å². The quantitative estimate of drug-likeness (QED) is 0.262. The van der Waals surface area contributed by atoms with E-state index in [0.717, 1.165) is 23.4 Å². The molecule has 0 spiro atoms. The molecule has 0 saturated heterocycles. The Hall–Kier alpha value is -4.70. The van der Waals surface area contributed by atoms with Gasteiger partial charge in [-0.05, 0) is 61.9 Å². The molecule has 0 atom stereocenters. The minimum Gasteiger partial charge on any atom is -0.340 e. The number of hydrogen-bond donors (Lipinski definition) is 0. The van der Waals surface area contributed by atoms with Gasteiger partial charge in [-0.2, -0.15) is 0 Å². The second kappa shape index (κ2) is 9.40. The van der Waals surface area contributed by atoms with Gasteiger partial charge in [-0.1, -0.05) is 78.4 Å². The highest BCUT2D eigenvalue weighted by Crippen LogP contribution is 2.29. The van der Waals surface area contributed by atoms with Gasteiger partial charge < -0.3 is 4.57 Å².